The van der Waals surface area contributed by atoms with Crippen molar-refractivity contribution in [3.63, 3.8) is 0 Å². The number of benzene rings is 2. The minimum Gasteiger partial charge on any atom is -0.352 e. The summed E-state index contributed by atoms with van der Waals surface area (Å²) in [7, 11) is -3.86. The maximum atomic E-state index is 13.5. The Morgan fingerprint density at radius 2 is 1.74 bits per heavy atom. The molecular formula is C25H31Cl2N3O4S. The molecule has 0 heterocycles. The molecule has 2 aromatic carbocycles. The lowest BCUT2D eigenvalue weighted by Gasteiger charge is -2.32. The van der Waals surface area contributed by atoms with Crippen molar-refractivity contribution in [2.45, 2.75) is 51.1 Å². The Labute approximate surface area is 217 Å². The molecule has 190 valence electrons. The summed E-state index contributed by atoms with van der Waals surface area (Å²) >= 11 is 12.2. The number of sulfonamides is 1. The molecule has 1 aliphatic carbocycles. The number of amides is 2. The van der Waals surface area contributed by atoms with Crippen LogP contribution in [-0.2, 0) is 26.0 Å². The molecule has 1 fully saturated rings. The lowest BCUT2D eigenvalue weighted by Crippen LogP contribution is -2.53. The highest BCUT2D eigenvalue weighted by Gasteiger charge is 2.31. The summed E-state index contributed by atoms with van der Waals surface area (Å²) in [4.78, 5) is 28.0. The van der Waals surface area contributed by atoms with E-state index >= 15 is 0 Å². The van der Waals surface area contributed by atoms with Crippen LogP contribution in [-0.4, -0.2) is 56.6 Å². The van der Waals surface area contributed by atoms with Crippen molar-refractivity contribution in [1.82, 2.24) is 10.2 Å². The number of rotatable bonds is 10. The molecule has 2 aromatic rings. The number of carbonyl (C=O) groups is 2. The highest BCUT2D eigenvalue weighted by molar-refractivity contribution is 7.92. The van der Waals surface area contributed by atoms with Crippen molar-refractivity contribution in [3.05, 3.63) is 64.1 Å². The summed E-state index contributed by atoms with van der Waals surface area (Å²) in [5.74, 6) is -0.736. The number of hydrogen-bond acceptors (Lipinski definition) is 4. The van der Waals surface area contributed by atoms with E-state index < -0.39 is 28.5 Å². The first-order chi connectivity index (χ1) is 16.6. The molecule has 1 N–H and O–H groups in total. The van der Waals surface area contributed by atoms with Crippen molar-refractivity contribution in [2.75, 3.05) is 23.7 Å². The van der Waals surface area contributed by atoms with Gasteiger partial charge in [0, 0.05) is 17.6 Å². The molecule has 7 nitrogen and oxygen atoms in total. The van der Waals surface area contributed by atoms with E-state index in [1.165, 1.54) is 23.1 Å². The Kier molecular flexibility index (Phi) is 9.44. The molecule has 0 bridgehead atoms. The fraction of sp³-hybridized carbons (Fsp3) is 0.440. The average Bonchev–Trinajstić information content (AvgIpc) is 3.31. The Morgan fingerprint density at radius 3 is 2.34 bits per heavy atom. The van der Waals surface area contributed by atoms with Crippen LogP contribution in [0.1, 0.15) is 38.2 Å². The van der Waals surface area contributed by atoms with E-state index in [0.717, 1.165) is 41.8 Å². The normalized spacial score (nSPS) is 15.0. The van der Waals surface area contributed by atoms with Gasteiger partial charge in [-0.3, -0.25) is 13.9 Å². The predicted molar refractivity (Wildman–Crippen MR) is 140 cm³/mol. The highest BCUT2D eigenvalue weighted by Crippen LogP contribution is 2.30. The van der Waals surface area contributed by atoms with Crippen molar-refractivity contribution >= 4 is 50.7 Å². The standard InChI is InChI=1S/C25H31Cl2N3O4S/c1-18(25(32)28-21-10-6-7-11-21)29(15-14-19-8-4-3-5-9-19)24(31)17-30(35(2,33)34)23-13-12-20(26)16-22(23)27/h3-5,8-9,12-13,16,18,21H,6-7,10-11,14-15,17H2,1-2H3,(H,28,32). The van der Waals surface area contributed by atoms with Gasteiger partial charge in [0.1, 0.15) is 12.6 Å². The van der Waals surface area contributed by atoms with E-state index in [0.29, 0.717) is 11.4 Å². The smallest absolute Gasteiger partial charge is 0.244 e. The van der Waals surface area contributed by atoms with Gasteiger partial charge in [0.25, 0.3) is 0 Å². The third-order valence-corrected chi connectivity index (χ3v) is 7.87. The van der Waals surface area contributed by atoms with Gasteiger partial charge in [-0.25, -0.2) is 8.42 Å². The van der Waals surface area contributed by atoms with Crippen molar-refractivity contribution in [1.29, 1.82) is 0 Å². The summed E-state index contributed by atoms with van der Waals surface area (Å²) in [6.07, 6.45) is 5.52. The second kappa shape index (κ2) is 12.1. The third kappa shape index (κ3) is 7.59. The number of hydrogen-bond donors (Lipinski definition) is 1. The topological polar surface area (TPSA) is 86.8 Å². The molecule has 0 aromatic heterocycles. The molecule has 0 aliphatic heterocycles. The summed E-state index contributed by atoms with van der Waals surface area (Å²) in [5.41, 5.74) is 1.16. The second-order valence-electron chi connectivity index (χ2n) is 8.85. The summed E-state index contributed by atoms with van der Waals surface area (Å²) in [6.45, 7) is 1.44. The molecule has 10 heteroatoms. The molecule has 35 heavy (non-hydrogen) atoms. The number of carbonyl (C=O) groups excluding carboxylic acids is 2. The molecule has 0 spiro atoms. The van der Waals surface area contributed by atoms with Crippen LogP contribution in [0.25, 0.3) is 0 Å². The minimum atomic E-state index is -3.86. The summed E-state index contributed by atoms with van der Waals surface area (Å²) in [5, 5.41) is 3.50. The van der Waals surface area contributed by atoms with E-state index in [4.69, 9.17) is 23.2 Å². The van der Waals surface area contributed by atoms with E-state index in [-0.39, 0.29) is 29.2 Å². The average molecular weight is 541 g/mol. The van der Waals surface area contributed by atoms with Gasteiger partial charge in [-0.1, -0.05) is 66.4 Å². The summed E-state index contributed by atoms with van der Waals surface area (Å²) in [6, 6.07) is 13.3. The van der Waals surface area contributed by atoms with Crippen LogP contribution in [0.4, 0.5) is 5.69 Å². The Bertz CT molecular complexity index is 1140. The monoisotopic (exact) mass is 539 g/mol. The molecule has 1 saturated carbocycles. The molecule has 0 radical (unpaired) electrons. The van der Waals surface area contributed by atoms with Crippen molar-refractivity contribution < 1.29 is 18.0 Å². The predicted octanol–water partition coefficient (Wildman–Crippen LogP) is 4.28. The van der Waals surface area contributed by atoms with Gasteiger partial charge in [-0.05, 0) is 49.9 Å². The quantitative estimate of drug-likeness (QED) is 0.488. The second-order valence-corrected chi connectivity index (χ2v) is 11.6. The summed E-state index contributed by atoms with van der Waals surface area (Å²) < 4.78 is 26.2. The number of halogens is 2. The molecule has 3 rings (SSSR count). The lowest BCUT2D eigenvalue weighted by molar-refractivity contribution is -0.139. The maximum absolute atomic E-state index is 13.5. The van der Waals surface area contributed by atoms with E-state index in [1.54, 1.807) is 6.92 Å². The van der Waals surface area contributed by atoms with Gasteiger partial charge in [0.05, 0.1) is 17.0 Å². The van der Waals surface area contributed by atoms with Gasteiger partial charge in [0.15, 0.2) is 0 Å². The largest absolute Gasteiger partial charge is 0.352 e. The van der Waals surface area contributed by atoms with Gasteiger partial charge in [0.2, 0.25) is 21.8 Å². The van der Waals surface area contributed by atoms with Gasteiger partial charge in [-0.15, -0.1) is 0 Å². The van der Waals surface area contributed by atoms with Crippen LogP contribution in [0.15, 0.2) is 48.5 Å². The zero-order valence-corrected chi connectivity index (χ0v) is 22.2. The van der Waals surface area contributed by atoms with Crippen LogP contribution in [0, 0.1) is 0 Å². The van der Waals surface area contributed by atoms with Crippen LogP contribution in [0.2, 0.25) is 10.0 Å². The first kappa shape index (κ1) is 27.3. The SMILES string of the molecule is CC(C(=O)NC1CCCC1)N(CCc1ccccc1)C(=O)CN(c1ccc(Cl)cc1Cl)S(C)(=O)=O. The first-order valence-electron chi connectivity index (χ1n) is 11.6. The zero-order chi connectivity index (χ0) is 25.6. The molecule has 1 atom stereocenters. The van der Waals surface area contributed by atoms with Gasteiger partial charge < -0.3 is 10.2 Å². The number of nitrogens with zero attached hydrogens (tertiary/aromatic N) is 2. The number of anilines is 1. The fourth-order valence-electron chi connectivity index (χ4n) is 4.24. The molecule has 2 amide bonds. The van der Waals surface area contributed by atoms with E-state index in [9.17, 15) is 18.0 Å². The van der Waals surface area contributed by atoms with E-state index in [1.807, 2.05) is 30.3 Å². The lowest BCUT2D eigenvalue weighted by atomic mass is 10.1. The third-order valence-electron chi connectivity index (χ3n) is 6.21. The van der Waals surface area contributed by atoms with Crippen LogP contribution in [0.3, 0.4) is 0 Å². The molecule has 0 saturated heterocycles. The zero-order valence-electron chi connectivity index (χ0n) is 19.9. The number of nitrogens with one attached hydrogen (secondary N) is 1. The first-order valence-corrected chi connectivity index (χ1v) is 14.2. The highest BCUT2D eigenvalue weighted by atomic mass is 35.5. The van der Waals surface area contributed by atoms with Gasteiger partial charge >= 0.3 is 0 Å². The van der Waals surface area contributed by atoms with E-state index in [2.05, 4.69) is 5.32 Å². The van der Waals surface area contributed by atoms with Crippen LogP contribution in [0.5, 0.6) is 0 Å². The fourth-order valence-corrected chi connectivity index (χ4v) is 5.66. The maximum Gasteiger partial charge on any atom is 0.244 e. The van der Waals surface area contributed by atoms with Crippen molar-refractivity contribution in [2.24, 2.45) is 0 Å². The minimum absolute atomic E-state index is 0.108. The van der Waals surface area contributed by atoms with Crippen LogP contribution < -0.4 is 9.62 Å². The van der Waals surface area contributed by atoms with Gasteiger partial charge in [-0.2, -0.15) is 0 Å². The van der Waals surface area contributed by atoms with Crippen molar-refractivity contribution in [3.8, 4) is 0 Å². The Hall–Kier alpha value is -2.29. The molecule has 1 aliphatic rings. The Balaban J connectivity index is 1.84. The molecule has 1 unspecified atom stereocenters. The van der Waals surface area contributed by atoms with Crippen LogP contribution >= 0.6 is 23.2 Å². The molecular weight excluding hydrogens is 509 g/mol. The Morgan fingerprint density at radius 1 is 1.09 bits per heavy atom.